The minimum absolute atomic E-state index is 0.238. The van der Waals surface area contributed by atoms with E-state index in [4.69, 9.17) is 4.74 Å². The number of aromatic nitrogens is 2. The molecule has 0 fully saturated rings. The van der Waals surface area contributed by atoms with Crippen LogP contribution >= 0.6 is 0 Å². The monoisotopic (exact) mass is 182 g/mol. The fraction of sp³-hybridized carbons (Fsp3) is 0.556. The van der Waals surface area contributed by atoms with Crippen molar-refractivity contribution >= 4 is 5.97 Å². The summed E-state index contributed by atoms with van der Waals surface area (Å²) in [5.41, 5.74) is 1.16. The Labute approximate surface area is 77.5 Å². The first kappa shape index (κ1) is 9.77. The summed E-state index contributed by atoms with van der Waals surface area (Å²) in [6.07, 6.45) is 4.52. The van der Waals surface area contributed by atoms with Crippen molar-refractivity contribution < 1.29 is 9.53 Å². The molecule has 0 aromatic carbocycles. The summed E-state index contributed by atoms with van der Waals surface area (Å²) in [7, 11) is 0. The molecule has 0 radical (unpaired) electrons. The molecular weight excluding hydrogens is 168 g/mol. The molecule has 1 rings (SSSR count). The molecule has 0 aliphatic carbocycles. The number of nitrogens with zero attached hydrogens (tertiary/aromatic N) is 2. The molecule has 0 aliphatic heterocycles. The first-order chi connectivity index (χ1) is 6.24. The van der Waals surface area contributed by atoms with Gasteiger partial charge in [-0.3, -0.25) is 4.79 Å². The number of carbonyl (C=O) groups excluding carboxylic acids is 1. The van der Waals surface area contributed by atoms with Crippen molar-refractivity contribution in [2.75, 3.05) is 6.61 Å². The zero-order valence-electron chi connectivity index (χ0n) is 7.99. The van der Waals surface area contributed by atoms with Crippen molar-refractivity contribution in [2.45, 2.75) is 26.8 Å². The van der Waals surface area contributed by atoms with E-state index >= 15 is 0 Å². The predicted octanol–water partition coefficient (Wildman–Crippen LogP) is 1.01. The van der Waals surface area contributed by atoms with Crippen LogP contribution in [0.25, 0.3) is 0 Å². The summed E-state index contributed by atoms with van der Waals surface area (Å²) in [6.45, 7) is 4.58. The smallest absolute Gasteiger partial charge is 0.302 e. The highest BCUT2D eigenvalue weighted by Crippen LogP contribution is 1.99. The third-order valence-electron chi connectivity index (χ3n) is 1.80. The average molecular weight is 182 g/mol. The van der Waals surface area contributed by atoms with Crippen LogP contribution in [-0.2, 0) is 22.5 Å². The van der Waals surface area contributed by atoms with Gasteiger partial charge in [-0.2, -0.15) is 0 Å². The highest BCUT2D eigenvalue weighted by Gasteiger charge is 1.99. The molecule has 0 atom stereocenters. The number of ether oxygens (including phenoxy) is 1. The summed E-state index contributed by atoms with van der Waals surface area (Å²) in [5.74, 6) is -0.238. The van der Waals surface area contributed by atoms with Crippen LogP contribution in [0.15, 0.2) is 12.5 Å². The summed E-state index contributed by atoms with van der Waals surface area (Å²) in [6, 6.07) is 0. The molecule has 4 nitrogen and oxygen atoms in total. The minimum Gasteiger partial charge on any atom is -0.464 e. The lowest BCUT2D eigenvalue weighted by Crippen LogP contribution is -2.09. The molecule has 0 amide bonds. The quantitative estimate of drug-likeness (QED) is 0.653. The topological polar surface area (TPSA) is 44.1 Å². The van der Waals surface area contributed by atoms with Crippen molar-refractivity contribution in [1.29, 1.82) is 0 Å². The Morgan fingerprint density at radius 1 is 1.69 bits per heavy atom. The van der Waals surface area contributed by atoms with Gasteiger partial charge in [-0.1, -0.05) is 6.92 Å². The van der Waals surface area contributed by atoms with Crippen molar-refractivity contribution in [3.63, 3.8) is 0 Å². The number of imidazole rings is 1. The molecule has 72 valence electrons. The number of carbonyl (C=O) groups is 1. The summed E-state index contributed by atoms with van der Waals surface area (Å²) in [5, 5.41) is 0. The number of hydrogen-bond acceptors (Lipinski definition) is 3. The Kier molecular flexibility index (Phi) is 3.49. The minimum atomic E-state index is -0.238. The van der Waals surface area contributed by atoms with E-state index in [-0.39, 0.29) is 5.97 Å². The van der Waals surface area contributed by atoms with E-state index in [2.05, 4.69) is 11.9 Å². The number of hydrogen-bond donors (Lipinski definition) is 0. The Morgan fingerprint density at radius 2 is 2.46 bits per heavy atom. The van der Waals surface area contributed by atoms with Crippen LogP contribution in [0.5, 0.6) is 0 Å². The van der Waals surface area contributed by atoms with Gasteiger partial charge in [0.2, 0.25) is 0 Å². The van der Waals surface area contributed by atoms with Crippen molar-refractivity contribution in [1.82, 2.24) is 9.55 Å². The van der Waals surface area contributed by atoms with Gasteiger partial charge < -0.3 is 9.30 Å². The normalized spacial score (nSPS) is 10.0. The Balaban J connectivity index is 2.40. The molecule has 1 heterocycles. The first-order valence-electron chi connectivity index (χ1n) is 4.36. The van der Waals surface area contributed by atoms with Crippen LogP contribution in [0.1, 0.15) is 19.5 Å². The SMILES string of the molecule is CCc1cncn1CCOC(C)=O. The zero-order chi connectivity index (χ0) is 9.68. The van der Waals surface area contributed by atoms with E-state index < -0.39 is 0 Å². The summed E-state index contributed by atoms with van der Waals surface area (Å²) in [4.78, 5) is 14.5. The molecule has 0 unspecified atom stereocenters. The van der Waals surface area contributed by atoms with Gasteiger partial charge in [-0.15, -0.1) is 0 Å². The van der Waals surface area contributed by atoms with E-state index in [1.807, 2.05) is 10.8 Å². The molecule has 1 aromatic rings. The van der Waals surface area contributed by atoms with Gasteiger partial charge >= 0.3 is 5.97 Å². The number of esters is 1. The Hall–Kier alpha value is -1.32. The van der Waals surface area contributed by atoms with Crippen LogP contribution < -0.4 is 0 Å². The lowest BCUT2D eigenvalue weighted by molar-refractivity contribution is -0.141. The molecule has 0 N–H and O–H groups in total. The molecule has 0 saturated heterocycles. The molecule has 4 heteroatoms. The van der Waals surface area contributed by atoms with Gasteiger partial charge in [0.25, 0.3) is 0 Å². The Morgan fingerprint density at radius 3 is 3.08 bits per heavy atom. The molecule has 0 saturated carbocycles. The fourth-order valence-electron chi connectivity index (χ4n) is 1.13. The van der Waals surface area contributed by atoms with Gasteiger partial charge in [0, 0.05) is 18.8 Å². The second-order valence-corrected chi connectivity index (χ2v) is 2.77. The lowest BCUT2D eigenvalue weighted by Gasteiger charge is -2.05. The average Bonchev–Trinajstić information content (AvgIpc) is 2.51. The van der Waals surface area contributed by atoms with Crippen LogP contribution in [0.3, 0.4) is 0 Å². The highest BCUT2D eigenvalue weighted by molar-refractivity contribution is 5.65. The van der Waals surface area contributed by atoms with Crippen molar-refractivity contribution in [3.8, 4) is 0 Å². The summed E-state index contributed by atoms with van der Waals surface area (Å²) >= 11 is 0. The standard InChI is InChI=1S/C9H14N2O2/c1-3-9-6-10-7-11(9)4-5-13-8(2)12/h6-7H,3-5H2,1-2H3. The number of rotatable bonds is 4. The molecule has 0 bridgehead atoms. The second-order valence-electron chi connectivity index (χ2n) is 2.77. The van der Waals surface area contributed by atoms with E-state index in [0.717, 1.165) is 12.1 Å². The van der Waals surface area contributed by atoms with E-state index in [9.17, 15) is 4.79 Å². The molecule has 0 aliphatic rings. The van der Waals surface area contributed by atoms with Crippen LogP contribution in [0.2, 0.25) is 0 Å². The molecular formula is C9H14N2O2. The van der Waals surface area contributed by atoms with Crippen molar-refractivity contribution in [3.05, 3.63) is 18.2 Å². The molecule has 1 aromatic heterocycles. The van der Waals surface area contributed by atoms with Gasteiger partial charge in [0.05, 0.1) is 12.9 Å². The second kappa shape index (κ2) is 4.64. The lowest BCUT2D eigenvalue weighted by atomic mass is 10.3. The van der Waals surface area contributed by atoms with Gasteiger partial charge in [-0.25, -0.2) is 4.98 Å². The number of aryl methyl sites for hydroxylation is 1. The fourth-order valence-corrected chi connectivity index (χ4v) is 1.13. The van der Waals surface area contributed by atoms with E-state index in [1.54, 1.807) is 6.33 Å². The molecule has 13 heavy (non-hydrogen) atoms. The third-order valence-corrected chi connectivity index (χ3v) is 1.80. The molecule has 0 spiro atoms. The predicted molar refractivity (Wildman–Crippen MR) is 48.2 cm³/mol. The largest absolute Gasteiger partial charge is 0.464 e. The van der Waals surface area contributed by atoms with Crippen LogP contribution in [0.4, 0.5) is 0 Å². The van der Waals surface area contributed by atoms with E-state index in [1.165, 1.54) is 6.92 Å². The van der Waals surface area contributed by atoms with Gasteiger partial charge in [-0.05, 0) is 6.42 Å². The maximum Gasteiger partial charge on any atom is 0.302 e. The van der Waals surface area contributed by atoms with Crippen molar-refractivity contribution in [2.24, 2.45) is 0 Å². The zero-order valence-corrected chi connectivity index (χ0v) is 7.99. The maximum absolute atomic E-state index is 10.5. The van der Waals surface area contributed by atoms with Crippen LogP contribution in [0, 0.1) is 0 Å². The Bertz CT molecular complexity index is 281. The third kappa shape index (κ3) is 2.89. The maximum atomic E-state index is 10.5. The highest BCUT2D eigenvalue weighted by atomic mass is 16.5. The van der Waals surface area contributed by atoms with Gasteiger partial charge in [0.1, 0.15) is 6.61 Å². The summed E-state index contributed by atoms with van der Waals surface area (Å²) < 4.78 is 6.82. The van der Waals surface area contributed by atoms with Crippen LogP contribution in [-0.4, -0.2) is 22.1 Å². The first-order valence-corrected chi connectivity index (χ1v) is 4.36. The van der Waals surface area contributed by atoms with Gasteiger partial charge in [0.15, 0.2) is 0 Å². The van der Waals surface area contributed by atoms with E-state index in [0.29, 0.717) is 13.2 Å².